The predicted octanol–water partition coefficient (Wildman–Crippen LogP) is 6.26. The minimum Gasteiger partial charge on any atom is -0.457 e. The van der Waals surface area contributed by atoms with Crippen molar-refractivity contribution in [1.82, 2.24) is 24.8 Å². The molecule has 8 nitrogen and oxygen atoms in total. The number of aromatic nitrogens is 4. The number of fused-ring (bicyclic) bond motifs is 1. The Bertz CT molecular complexity index is 1590. The van der Waals surface area contributed by atoms with Gasteiger partial charge in [-0.15, -0.1) is 0 Å². The van der Waals surface area contributed by atoms with Gasteiger partial charge in [0.1, 0.15) is 23.0 Å². The Kier molecular flexibility index (Phi) is 7.60. The summed E-state index contributed by atoms with van der Waals surface area (Å²) in [5.74, 6) is 1.01. The molecule has 0 aliphatic carbocycles. The Morgan fingerprint density at radius 1 is 1.03 bits per heavy atom. The molecule has 10 heteroatoms. The second-order valence-corrected chi connectivity index (χ2v) is 9.28. The molecule has 192 valence electrons. The zero-order valence-corrected chi connectivity index (χ0v) is 22.1. The lowest BCUT2D eigenvalue weighted by molar-refractivity contribution is 0.0949. The van der Waals surface area contributed by atoms with E-state index in [0.29, 0.717) is 52.6 Å². The number of benzene rings is 2. The molecule has 38 heavy (non-hydrogen) atoms. The average Bonchev–Trinajstić information content (AvgIpc) is 3.27. The highest BCUT2D eigenvalue weighted by Gasteiger charge is 2.13. The molecule has 0 bridgehead atoms. The van der Waals surface area contributed by atoms with Gasteiger partial charge in [-0.05, 0) is 83.4 Å². The van der Waals surface area contributed by atoms with Gasteiger partial charge in [0.15, 0.2) is 0 Å². The van der Waals surface area contributed by atoms with Crippen LogP contribution in [-0.4, -0.2) is 32.0 Å². The monoisotopic (exact) mass is 574 g/mol. The number of anilines is 2. The maximum atomic E-state index is 14.0. The number of nitrogens with zero attached hydrogens (tertiary/aromatic N) is 4. The number of ether oxygens (including phenoxy) is 1. The minimum atomic E-state index is -0.357. The number of imidazole rings is 1. The molecule has 0 radical (unpaired) electrons. The maximum absolute atomic E-state index is 14.0. The van der Waals surface area contributed by atoms with Crippen LogP contribution in [0.4, 0.5) is 16.0 Å². The minimum absolute atomic E-state index is 0.266. The third-order valence-corrected chi connectivity index (χ3v) is 6.50. The highest BCUT2D eigenvalue weighted by atomic mass is 79.9. The zero-order valence-electron chi connectivity index (χ0n) is 20.5. The smallest absolute Gasteiger partial charge is 0.270 e. The molecule has 5 aromatic rings. The van der Waals surface area contributed by atoms with Gasteiger partial charge in [0.05, 0.1) is 15.5 Å². The van der Waals surface area contributed by atoms with E-state index in [4.69, 9.17) is 9.72 Å². The fraction of sp³-hybridized carbons (Fsp3) is 0.143. The van der Waals surface area contributed by atoms with E-state index in [2.05, 4.69) is 36.5 Å². The van der Waals surface area contributed by atoms with Gasteiger partial charge in [0.2, 0.25) is 5.95 Å². The van der Waals surface area contributed by atoms with Crippen LogP contribution in [0.1, 0.15) is 23.0 Å². The molecule has 0 spiro atoms. The first-order valence-electron chi connectivity index (χ1n) is 12.0. The van der Waals surface area contributed by atoms with Gasteiger partial charge in [-0.1, -0.05) is 0 Å². The van der Waals surface area contributed by atoms with E-state index in [1.54, 1.807) is 36.7 Å². The number of amides is 1. The van der Waals surface area contributed by atoms with E-state index in [1.807, 2.05) is 41.8 Å². The normalized spacial score (nSPS) is 10.9. The zero-order chi connectivity index (χ0) is 26.5. The van der Waals surface area contributed by atoms with Crippen molar-refractivity contribution in [3.05, 3.63) is 101 Å². The van der Waals surface area contributed by atoms with Crippen molar-refractivity contribution < 1.29 is 13.9 Å². The largest absolute Gasteiger partial charge is 0.457 e. The lowest BCUT2D eigenvalue weighted by Gasteiger charge is -2.09. The fourth-order valence-corrected chi connectivity index (χ4v) is 4.23. The number of hydrogen-bond donors (Lipinski definition) is 2. The van der Waals surface area contributed by atoms with Crippen LogP contribution in [0.3, 0.4) is 0 Å². The molecule has 2 N–H and O–H groups in total. The molecular weight excluding hydrogens is 551 g/mol. The summed E-state index contributed by atoms with van der Waals surface area (Å²) in [4.78, 5) is 25.5. The molecule has 5 rings (SSSR count). The standard InChI is InChI=1S/C28H24BrFN6O2/c1-2-36-26-6-4-20(16-24(26)35-28(36)34-19-3-5-22(29)23(30)15-19)38-21-10-14-32-25(17-21)27(37)33-13-9-18-7-11-31-12-8-18/h3-8,10-12,14-17H,2,9,13H2,1H3,(H,33,37)(H,34,35). The van der Waals surface area contributed by atoms with E-state index < -0.39 is 0 Å². The molecular formula is C28H24BrFN6O2. The van der Waals surface area contributed by atoms with Crippen LogP contribution in [0.15, 0.2) is 83.7 Å². The lowest BCUT2D eigenvalue weighted by atomic mass is 10.2. The molecule has 0 fully saturated rings. The van der Waals surface area contributed by atoms with Gasteiger partial charge in [0.25, 0.3) is 5.91 Å². The molecule has 0 unspecified atom stereocenters. The summed E-state index contributed by atoms with van der Waals surface area (Å²) in [7, 11) is 0. The van der Waals surface area contributed by atoms with Gasteiger partial charge in [0, 0.05) is 49.5 Å². The fourth-order valence-electron chi connectivity index (χ4n) is 3.99. The first kappa shape index (κ1) is 25.3. The number of carbonyl (C=O) groups excluding carboxylic acids is 1. The summed E-state index contributed by atoms with van der Waals surface area (Å²) in [5.41, 5.74) is 3.57. The van der Waals surface area contributed by atoms with E-state index in [0.717, 1.165) is 11.1 Å². The van der Waals surface area contributed by atoms with E-state index in [-0.39, 0.29) is 17.4 Å². The van der Waals surface area contributed by atoms with Crippen molar-refractivity contribution >= 4 is 44.5 Å². The van der Waals surface area contributed by atoms with Crippen LogP contribution < -0.4 is 15.4 Å². The first-order chi connectivity index (χ1) is 18.5. The molecule has 2 aromatic carbocycles. The highest BCUT2D eigenvalue weighted by Crippen LogP contribution is 2.29. The molecule has 0 aliphatic heterocycles. The molecule has 0 saturated heterocycles. The Morgan fingerprint density at radius 2 is 1.84 bits per heavy atom. The molecule has 0 atom stereocenters. The van der Waals surface area contributed by atoms with E-state index in [9.17, 15) is 9.18 Å². The summed E-state index contributed by atoms with van der Waals surface area (Å²) in [6.07, 6.45) is 5.69. The Morgan fingerprint density at radius 3 is 2.63 bits per heavy atom. The quantitative estimate of drug-likeness (QED) is 0.216. The van der Waals surface area contributed by atoms with Crippen LogP contribution in [0.5, 0.6) is 11.5 Å². The van der Waals surface area contributed by atoms with Crippen LogP contribution >= 0.6 is 15.9 Å². The second kappa shape index (κ2) is 11.4. The summed E-state index contributed by atoms with van der Waals surface area (Å²) >= 11 is 3.17. The van der Waals surface area contributed by atoms with Crippen molar-refractivity contribution in [1.29, 1.82) is 0 Å². The third kappa shape index (κ3) is 5.81. The van der Waals surface area contributed by atoms with Crippen LogP contribution in [0.2, 0.25) is 0 Å². The van der Waals surface area contributed by atoms with Crippen LogP contribution in [-0.2, 0) is 13.0 Å². The lowest BCUT2D eigenvalue weighted by Crippen LogP contribution is -2.26. The van der Waals surface area contributed by atoms with Crippen LogP contribution in [0, 0.1) is 5.82 Å². The van der Waals surface area contributed by atoms with Gasteiger partial charge in [-0.25, -0.2) is 9.37 Å². The van der Waals surface area contributed by atoms with Gasteiger partial charge < -0.3 is 19.9 Å². The average molecular weight is 575 g/mol. The summed E-state index contributed by atoms with van der Waals surface area (Å²) in [5, 5.41) is 6.07. The number of halogens is 2. The molecule has 0 aliphatic rings. The van der Waals surface area contributed by atoms with E-state index >= 15 is 0 Å². The summed E-state index contributed by atoms with van der Waals surface area (Å²) < 4.78 is 22.4. The number of nitrogens with one attached hydrogen (secondary N) is 2. The third-order valence-electron chi connectivity index (χ3n) is 5.86. The van der Waals surface area contributed by atoms with Crippen molar-refractivity contribution in [2.75, 3.05) is 11.9 Å². The van der Waals surface area contributed by atoms with Gasteiger partial charge >= 0.3 is 0 Å². The predicted molar refractivity (Wildman–Crippen MR) is 147 cm³/mol. The number of pyridine rings is 2. The van der Waals surface area contributed by atoms with E-state index in [1.165, 1.54) is 12.3 Å². The van der Waals surface area contributed by atoms with Crippen molar-refractivity contribution in [2.24, 2.45) is 0 Å². The van der Waals surface area contributed by atoms with Crippen molar-refractivity contribution in [3.63, 3.8) is 0 Å². The van der Waals surface area contributed by atoms with Crippen LogP contribution in [0.25, 0.3) is 11.0 Å². The SMILES string of the molecule is CCn1c(Nc2ccc(Br)c(F)c2)nc2cc(Oc3ccnc(C(=O)NCCc4ccncc4)c3)ccc21. The first-order valence-corrected chi connectivity index (χ1v) is 12.8. The number of aryl methyl sites for hydroxylation is 1. The molecule has 1 amide bonds. The topological polar surface area (TPSA) is 94.0 Å². The van der Waals surface area contributed by atoms with Crippen molar-refractivity contribution in [2.45, 2.75) is 19.9 Å². The summed E-state index contributed by atoms with van der Waals surface area (Å²) in [6, 6.07) is 17.5. The Hall–Kier alpha value is -4.31. The highest BCUT2D eigenvalue weighted by molar-refractivity contribution is 9.10. The van der Waals surface area contributed by atoms with Gasteiger partial charge in [-0.2, -0.15) is 0 Å². The summed E-state index contributed by atoms with van der Waals surface area (Å²) in [6.45, 7) is 3.16. The maximum Gasteiger partial charge on any atom is 0.270 e. The second-order valence-electron chi connectivity index (χ2n) is 8.42. The number of carbonyl (C=O) groups is 1. The van der Waals surface area contributed by atoms with Crippen molar-refractivity contribution in [3.8, 4) is 11.5 Å². The molecule has 3 aromatic heterocycles. The molecule has 0 saturated carbocycles. The molecule has 3 heterocycles. The Balaban J connectivity index is 1.29. The Labute approximate surface area is 227 Å². The number of rotatable bonds is 9. The van der Waals surface area contributed by atoms with Gasteiger partial charge in [-0.3, -0.25) is 14.8 Å². The number of hydrogen-bond acceptors (Lipinski definition) is 6.